The highest BCUT2D eigenvalue weighted by Gasteiger charge is 2.12. The van der Waals surface area contributed by atoms with Crippen molar-refractivity contribution >= 4 is 6.08 Å². The first kappa shape index (κ1) is 12.0. The van der Waals surface area contributed by atoms with Crippen LogP contribution in [0.5, 0.6) is 5.75 Å². The molecule has 0 aromatic heterocycles. The average Bonchev–Trinajstić information content (AvgIpc) is 2.41. The van der Waals surface area contributed by atoms with Gasteiger partial charge in [-0.15, -0.1) is 0 Å². The maximum absolute atomic E-state index is 5.73. The molecule has 0 amide bonds. The molecule has 0 heterocycles. The fourth-order valence-corrected chi connectivity index (χ4v) is 2.15. The molecule has 0 atom stereocenters. The van der Waals surface area contributed by atoms with E-state index in [9.17, 15) is 0 Å². The Labute approximate surface area is 103 Å². The van der Waals surface area contributed by atoms with E-state index in [1.807, 2.05) is 36.6 Å². The molecule has 0 spiro atoms. The van der Waals surface area contributed by atoms with Crippen LogP contribution in [0.15, 0.2) is 30.5 Å². The summed E-state index contributed by atoms with van der Waals surface area (Å²) < 4.78 is 10.8. The van der Waals surface area contributed by atoms with Crippen LogP contribution < -0.4 is 4.74 Å². The van der Waals surface area contributed by atoms with Crippen molar-refractivity contribution < 1.29 is 9.47 Å². The van der Waals surface area contributed by atoms with E-state index >= 15 is 0 Å². The van der Waals surface area contributed by atoms with Crippen molar-refractivity contribution in [2.45, 2.75) is 38.2 Å². The van der Waals surface area contributed by atoms with Crippen LogP contribution in [-0.2, 0) is 4.74 Å². The van der Waals surface area contributed by atoms with Gasteiger partial charge < -0.3 is 9.47 Å². The van der Waals surface area contributed by atoms with Crippen molar-refractivity contribution in [1.29, 1.82) is 0 Å². The zero-order valence-corrected chi connectivity index (χ0v) is 10.4. The van der Waals surface area contributed by atoms with E-state index in [1.165, 1.54) is 32.1 Å². The monoisotopic (exact) mass is 232 g/mol. The van der Waals surface area contributed by atoms with Gasteiger partial charge in [-0.05, 0) is 49.5 Å². The predicted octanol–water partition coefficient (Wildman–Crippen LogP) is 4.02. The Morgan fingerprint density at radius 2 is 1.76 bits per heavy atom. The standard InChI is InChI=1S/C15H20O2/c1-16-14-9-7-13(8-10-14)11-12-17-15-5-3-2-4-6-15/h7-12,15H,2-6H2,1H3/b12-11+. The molecule has 0 N–H and O–H groups in total. The Balaban J connectivity index is 1.82. The fourth-order valence-electron chi connectivity index (χ4n) is 2.15. The maximum atomic E-state index is 5.73. The number of rotatable bonds is 4. The molecule has 0 radical (unpaired) electrons. The quantitative estimate of drug-likeness (QED) is 0.730. The Kier molecular flexibility index (Phi) is 4.48. The Hall–Kier alpha value is -1.44. The second kappa shape index (κ2) is 6.33. The topological polar surface area (TPSA) is 18.5 Å². The third-order valence-corrected chi connectivity index (χ3v) is 3.20. The summed E-state index contributed by atoms with van der Waals surface area (Å²) in [6.07, 6.45) is 10.6. The van der Waals surface area contributed by atoms with E-state index < -0.39 is 0 Å². The summed E-state index contributed by atoms with van der Waals surface area (Å²) in [6, 6.07) is 7.97. The number of ether oxygens (including phenoxy) is 2. The summed E-state index contributed by atoms with van der Waals surface area (Å²) in [5.74, 6) is 0.885. The van der Waals surface area contributed by atoms with Gasteiger partial charge in [0.25, 0.3) is 0 Å². The van der Waals surface area contributed by atoms with E-state index in [2.05, 4.69) is 0 Å². The van der Waals surface area contributed by atoms with Crippen LogP contribution in [0.1, 0.15) is 37.7 Å². The van der Waals surface area contributed by atoms with Crippen molar-refractivity contribution in [2.24, 2.45) is 0 Å². The summed E-state index contributed by atoms with van der Waals surface area (Å²) in [7, 11) is 1.68. The first-order valence-corrected chi connectivity index (χ1v) is 6.34. The molecule has 0 saturated heterocycles. The molecule has 1 saturated carbocycles. The molecule has 0 unspecified atom stereocenters. The lowest BCUT2D eigenvalue weighted by atomic mass is 9.98. The average molecular weight is 232 g/mol. The second-order valence-corrected chi connectivity index (χ2v) is 4.47. The first-order valence-electron chi connectivity index (χ1n) is 6.34. The lowest BCUT2D eigenvalue weighted by molar-refractivity contribution is 0.108. The largest absolute Gasteiger partial charge is 0.498 e. The van der Waals surface area contributed by atoms with Gasteiger partial charge in [-0.2, -0.15) is 0 Å². The van der Waals surface area contributed by atoms with Gasteiger partial charge in [-0.3, -0.25) is 0 Å². The predicted molar refractivity (Wildman–Crippen MR) is 70.0 cm³/mol. The molecular weight excluding hydrogens is 212 g/mol. The smallest absolute Gasteiger partial charge is 0.118 e. The molecular formula is C15H20O2. The van der Waals surface area contributed by atoms with E-state index in [1.54, 1.807) is 7.11 Å². The highest BCUT2D eigenvalue weighted by molar-refractivity contribution is 5.49. The highest BCUT2D eigenvalue weighted by Crippen LogP contribution is 2.20. The normalized spacial score (nSPS) is 17.2. The van der Waals surface area contributed by atoms with Gasteiger partial charge in [-0.25, -0.2) is 0 Å². The van der Waals surface area contributed by atoms with Crippen LogP contribution >= 0.6 is 0 Å². The summed E-state index contributed by atoms with van der Waals surface area (Å²) >= 11 is 0. The minimum absolute atomic E-state index is 0.429. The van der Waals surface area contributed by atoms with Crippen LogP contribution in [-0.4, -0.2) is 13.2 Å². The van der Waals surface area contributed by atoms with Gasteiger partial charge in [0.2, 0.25) is 0 Å². The van der Waals surface area contributed by atoms with Crippen molar-refractivity contribution in [3.05, 3.63) is 36.1 Å². The van der Waals surface area contributed by atoms with Crippen molar-refractivity contribution in [3.8, 4) is 5.75 Å². The lowest BCUT2D eigenvalue weighted by Gasteiger charge is -2.20. The van der Waals surface area contributed by atoms with E-state index in [-0.39, 0.29) is 0 Å². The first-order chi connectivity index (χ1) is 8.38. The molecule has 1 aromatic rings. The molecule has 0 bridgehead atoms. The van der Waals surface area contributed by atoms with Gasteiger partial charge in [0.15, 0.2) is 0 Å². The molecule has 2 nitrogen and oxygen atoms in total. The van der Waals surface area contributed by atoms with E-state index in [4.69, 9.17) is 9.47 Å². The van der Waals surface area contributed by atoms with Crippen molar-refractivity contribution in [3.63, 3.8) is 0 Å². The molecule has 17 heavy (non-hydrogen) atoms. The fraction of sp³-hybridized carbons (Fsp3) is 0.467. The second-order valence-electron chi connectivity index (χ2n) is 4.47. The third kappa shape index (κ3) is 3.81. The van der Waals surface area contributed by atoms with Crippen LogP contribution in [0, 0.1) is 0 Å². The van der Waals surface area contributed by atoms with Gasteiger partial charge in [0.05, 0.1) is 19.5 Å². The van der Waals surface area contributed by atoms with E-state index in [0.29, 0.717) is 6.10 Å². The molecule has 92 valence electrons. The molecule has 1 aliphatic rings. The van der Waals surface area contributed by atoms with Crippen LogP contribution in [0.4, 0.5) is 0 Å². The maximum Gasteiger partial charge on any atom is 0.118 e. The van der Waals surface area contributed by atoms with Crippen LogP contribution in [0.3, 0.4) is 0 Å². The molecule has 0 aliphatic heterocycles. The number of hydrogen-bond donors (Lipinski definition) is 0. The summed E-state index contributed by atoms with van der Waals surface area (Å²) in [4.78, 5) is 0. The Morgan fingerprint density at radius 1 is 1.06 bits per heavy atom. The summed E-state index contributed by atoms with van der Waals surface area (Å²) in [5.41, 5.74) is 1.14. The third-order valence-electron chi connectivity index (χ3n) is 3.20. The van der Waals surface area contributed by atoms with Crippen LogP contribution in [0.2, 0.25) is 0 Å². The SMILES string of the molecule is COc1ccc(/C=C/OC2CCCCC2)cc1. The van der Waals surface area contributed by atoms with Gasteiger partial charge in [-0.1, -0.05) is 18.6 Å². The number of methoxy groups -OCH3 is 1. The number of benzene rings is 1. The van der Waals surface area contributed by atoms with Crippen molar-refractivity contribution in [2.75, 3.05) is 7.11 Å². The molecule has 1 aliphatic carbocycles. The van der Waals surface area contributed by atoms with Crippen molar-refractivity contribution in [1.82, 2.24) is 0 Å². The minimum Gasteiger partial charge on any atom is -0.498 e. The highest BCUT2D eigenvalue weighted by atomic mass is 16.5. The molecule has 1 aromatic carbocycles. The zero-order valence-electron chi connectivity index (χ0n) is 10.4. The Bertz CT molecular complexity index is 348. The Morgan fingerprint density at radius 3 is 2.41 bits per heavy atom. The van der Waals surface area contributed by atoms with Gasteiger partial charge in [0, 0.05) is 0 Å². The van der Waals surface area contributed by atoms with E-state index in [0.717, 1.165) is 11.3 Å². The minimum atomic E-state index is 0.429. The molecule has 1 fully saturated rings. The summed E-state index contributed by atoms with van der Waals surface area (Å²) in [5, 5.41) is 0. The van der Waals surface area contributed by atoms with Crippen LogP contribution in [0.25, 0.3) is 6.08 Å². The molecule has 2 heteroatoms. The molecule has 2 rings (SSSR count). The summed E-state index contributed by atoms with van der Waals surface area (Å²) in [6.45, 7) is 0. The van der Waals surface area contributed by atoms with Gasteiger partial charge >= 0.3 is 0 Å². The number of hydrogen-bond acceptors (Lipinski definition) is 2. The lowest BCUT2D eigenvalue weighted by Crippen LogP contribution is -2.13. The van der Waals surface area contributed by atoms with Gasteiger partial charge in [0.1, 0.15) is 5.75 Å². The zero-order chi connectivity index (χ0) is 11.9.